The molecule has 0 N–H and O–H groups in total. The minimum atomic E-state index is -0.373. The number of thiophene rings is 1. The van der Waals surface area contributed by atoms with Crippen molar-refractivity contribution < 1.29 is 4.79 Å². The molecule has 1 aromatic carbocycles. The lowest BCUT2D eigenvalue weighted by Gasteiger charge is -2.30. The Bertz CT molecular complexity index is 495. The highest BCUT2D eigenvalue weighted by Crippen LogP contribution is 2.35. The summed E-state index contributed by atoms with van der Waals surface area (Å²) in [5.74, 6) is 0.250. The van der Waals surface area contributed by atoms with Gasteiger partial charge in [0.1, 0.15) is 0 Å². The van der Waals surface area contributed by atoms with E-state index in [1.54, 1.807) is 11.3 Å². The number of carbonyl (C=O) groups is 1. The van der Waals surface area contributed by atoms with Gasteiger partial charge in [-0.15, -0.1) is 0 Å². The Morgan fingerprint density at radius 3 is 2.28 bits per heavy atom. The highest BCUT2D eigenvalue weighted by molar-refractivity contribution is 7.08. The summed E-state index contributed by atoms with van der Waals surface area (Å²) in [4.78, 5) is 12.8. The first-order valence-electron chi connectivity index (χ1n) is 6.37. The van der Waals surface area contributed by atoms with E-state index < -0.39 is 0 Å². The molecule has 1 heterocycles. The van der Waals surface area contributed by atoms with Gasteiger partial charge in [0, 0.05) is 10.9 Å². The SMILES string of the molecule is CCC(CC)(C(=O)c1ccsc1)c1ccccc1. The lowest BCUT2D eigenvalue weighted by molar-refractivity contribution is 0.0873. The topological polar surface area (TPSA) is 17.1 Å². The lowest BCUT2D eigenvalue weighted by Crippen LogP contribution is -2.34. The summed E-state index contributed by atoms with van der Waals surface area (Å²) in [5.41, 5.74) is 1.60. The number of ketones is 1. The largest absolute Gasteiger partial charge is 0.293 e. The molecule has 0 amide bonds. The zero-order valence-corrected chi connectivity index (χ0v) is 11.7. The van der Waals surface area contributed by atoms with E-state index in [-0.39, 0.29) is 11.2 Å². The molecular formula is C16H18OS. The minimum Gasteiger partial charge on any atom is -0.293 e. The highest BCUT2D eigenvalue weighted by atomic mass is 32.1. The second kappa shape index (κ2) is 5.49. The third-order valence-electron chi connectivity index (χ3n) is 3.75. The van der Waals surface area contributed by atoms with Crippen molar-refractivity contribution in [2.45, 2.75) is 32.1 Å². The van der Waals surface area contributed by atoms with Crippen LogP contribution in [0.2, 0.25) is 0 Å². The van der Waals surface area contributed by atoms with E-state index in [0.29, 0.717) is 0 Å². The van der Waals surface area contributed by atoms with Crippen LogP contribution >= 0.6 is 11.3 Å². The van der Waals surface area contributed by atoms with E-state index >= 15 is 0 Å². The fraction of sp³-hybridized carbons (Fsp3) is 0.312. The number of carbonyl (C=O) groups excluding carboxylic acids is 1. The molecule has 2 aromatic rings. The second-order valence-electron chi connectivity index (χ2n) is 4.50. The molecule has 0 bridgehead atoms. The number of Topliss-reactive ketones (excluding diaryl/α,β-unsaturated/α-hetero) is 1. The monoisotopic (exact) mass is 258 g/mol. The number of hydrogen-bond donors (Lipinski definition) is 0. The van der Waals surface area contributed by atoms with Crippen LogP contribution in [-0.2, 0) is 5.41 Å². The van der Waals surface area contributed by atoms with Gasteiger partial charge in [0.25, 0.3) is 0 Å². The molecule has 0 saturated carbocycles. The first-order valence-corrected chi connectivity index (χ1v) is 7.31. The first-order chi connectivity index (χ1) is 8.74. The fourth-order valence-electron chi connectivity index (χ4n) is 2.54. The summed E-state index contributed by atoms with van der Waals surface area (Å²) in [6.07, 6.45) is 1.67. The van der Waals surface area contributed by atoms with Gasteiger partial charge in [-0.3, -0.25) is 4.79 Å². The zero-order valence-electron chi connectivity index (χ0n) is 10.8. The fourth-order valence-corrected chi connectivity index (χ4v) is 3.17. The highest BCUT2D eigenvalue weighted by Gasteiger charge is 2.37. The van der Waals surface area contributed by atoms with Crippen molar-refractivity contribution in [3.8, 4) is 0 Å². The Hall–Kier alpha value is -1.41. The van der Waals surface area contributed by atoms with Crippen molar-refractivity contribution >= 4 is 17.1 Å². The predicted molar refractivity (Wildman–Crippen MR) is 77.4 cm³/mol. The summed E-state index contributed by atoms with van der Waals surface area (Å²) in [6.45, 7) is 4.20. The molecule has 0 aliphatic carbocycles. The van der Waals surface area contributed by atoms with Crippen LogP contribution in [0.25, 0.3) is 0 Å². The van der Waals surface area contributed by atoms with Crippen LogP contribution in [0.3, 0.4) is 0 Å². The van der Waals surface area contributed by atoms with Crippen LogP contribution < -0.4 is 0 Å². The van der Waals surface area contributed by atoms with Crippen molar-refractivity contribution in [2.75, 3.05) is 0 Å². The number of rotatable bonds is 5. The van der Waals surface area contributed by atoms with Crippen LogP contribution in [0.15, 0.2) is 47.2 Å². The van der Waals surface area contributed by atoms with Crippen molar-refractivity contribution in [2.24, 2.45) is 0 Å². The normalized spacial score (nSPS) is 11.4. The van der Waals surface area contributed by atoms with Gasteiger partial charge in [0.05, 0.1) is 5.41 Å². The molecule has 1 aromatic heterocycles. The van der Waals surface area contributed by atoms with Crippen molar-refractivity contribution in [1.82, 2.24) is 0 Å². The van der Waals surface area contributed by atoms with E-state index in [2.05, 4.69) is 26.0 Å². The molecule has 18 heavy (non-hydrogen) atoms. The molecule has 0 radical (unpaired) electrons. The molecule has 0 unspecified atom stereocenters. The van der Waals surface area contributed by atoms with Gasteiger partial charge < -0.3 is 0 Å². The van der Waals surface area contributed by atoms with Crippen molar-refractivity contribution in [1.29, 1.82) is 0 Å². The van der Waals surface area contributed by atoms with Crippen LogP contribution in [0.5, 0.6) is 0 Å². The van der Waals surface area contributed by atoms with Gasteiger partial charge in [0.15, 0.2) is 5.78 Å². The van der Waals surface area contributed by atoms with Crippen molar-refractivity contribution in [3.05, 3.63) is 58.3 Å². The quantitative estimate of drug-likeness (QED) is 0.711. The molecule has 0 fully saturated rings. The summed E-state index contributed by atoms with van der Waals surface area (Å²) >= 11 is 1.58. The average molecular weight is 258 g/mol. The Labute approximate surface area is 112 Å². The molecular weight excluding hydrogens is 240 g/mol. The first kappa shape index (κ1) is 13.0. The summed E-state index contributed by atoms with van der Waals surface area (Å²) in [5, 5.41) is 3.92. The van der Waals surface area contributed by atoms with E-state index in [1.807, 2.05) is 35.0 Å². The van der Waals surface area contributed by atoms with Gasteiger partial charge in [-0.1, -0.05) is 44.2 Å². The van der Waals surface area contributed by atoms with Gasteiger partial charge in [-0.25, -0.2) is 0 Å². The van der Waals surface area contributed by atoms with E-state index in [1.165, 1.54) is 0 Å². The third-order valence-corrected chi connectivity index (χ3v) is 4.43. The van der Waals surface area contributed by atoms with Crippen molar-refractivity contribution in [3.63, 3.8) is 0 Å². The molecule has 0 spiro atoms. The number of benzene rings is 1. The van der Waals surface area contributed by atoms with Gasteiger partial charge >= 0.3 is 0 Å². The lowest BCUT2D eigenvalue weighted by atomic mass is 9.71. The predicted octanol–water partition coefficient (Wildman–Crippen LogP) is 4.69. The zero-order chi connectivity index (χ0) is 13.0. The molecule has 2 heteroatoms. The van der Waals surface area contributed by atoms with E-state index in [9.17, 15) is 4.79 Å². The molecule has 0 aliphatic heterocycles. The molecule has 1 nitrogen and oxygen atoms in total. The second-order valence-corrected chi connectivity index (χ2v) is 5.28. The minimum absolute atomic E-state index is 0.250. The van der Waals surface area contributed by atoms with E-state index in [4.69, 9.17) is 0 Å². The maximum atomic E-state index is 12.8. The molecule has 0 aliphatic rings. The Kier molecular flexibility index (Phi) is 3.97. The summed E-state index contributed by atoms with van der Waals surface area (Å²) in [7, 11) is 0. The van der Waals surface area contributed by atoms with Gasteiger partial charge in [-0.2, -0.15) is 11.3 Å². The molecule has 94 valence electrons. The smallest absolute Gasteiger partial charge is 0.174 e. The average Bonchev–Trinajstić information content (AvgIpc) is 2.96. The molecule has 0 saturated heterocycles. The van der Waals surface area contributed by atoms with E-state index in [0.717, 1.165) is 24.0 Å². The maximum Gasteiger partial charge on any atom is 0.174 e. The van der Waals surface area contributed by atoms with Crippen LogP contribution in [0.4, 0.5) is 0 Å². The standard InChI is InChI=1S/C16H18OS/c1-3-16(4-2,14-8-6-5-7-9-14)15(17)13-10-11-18-12-13/h5-12H,3-4H2,1-2H3. The van der Waals surface area contributed by atoms with Gasteiger partial charge in [-0.05, 0) is 29.9 Å². The Morgan fingerprint density at radius 2 is 1.78 bits per heavy atom. The Balaban J connectivity index is 2.48. The maximum absolute atomic E-state index is 12.8. The summed E-state index contributed by atoms with van der Waals surface area (Å²) < 4.78 is 0. The number of hydrogen-bond acceptors (Lipinski definition) is 2. The molecule has 2 rings (SSSR count). The van der Waals surface area contributed by atoms with Crippen LogP contribution in [0, 0.1) is 0 Å². The third kappa shape index (κ3) is 2.13. The Morgan fingerprint density at radius 1 is 1.11 bits per heavy atom. The molecule has 0 atom stereocenters. The van der Waals surface area contributed by atoms with Crippen LogP contribution in [-0.4, -0.2) is 5.78 Å². The summed E-state index contributed by atoms with van der Waals surface area (Å²) in [6, 6.07) is 12.1. The van der Waals surface area contributed by atoms with Gasteiger partial charge in [0.2, 0.25) is 0 Å². The van der Waals surface area contributed by atoms with Crippen LogP contribution in [0.1, 0.15) is 42.6 Å².